The van der Waals surface area contributed by atoms with Crippen LogP contribution in [0, 0.1) is 0 Å². The summed E-state index contributed by atoms with van der Waals surface area (Å²) in [5.41, 5.74) is 0. The highest BCUT2D eigenvalue weighted by Gasteiger charge is 2.28. The zero-order valence-electron chi connectivity index (χ0n) is 55.6. The number of phosphoric acid groups is 1. The molecule has 0 saturated heterocycles. The molecular formula is C72H146N2O6P+. The number of allylic oxidation sites excluding steroid dienone is 2. The van der Waals surface area contributed by atoms with Crippen LogP contribution in [-0.2, 0) is 18.4 Å². The number of hydrogen-bond acceptors (Lipinski definition) is 5. The van der Waals surface area contributed by atoms with Crippen molar-refractivity contribution >= 4 is 13.7 Å². The zero-order chi connectivity index (χ0) is 59.1. The second-order valence-electron chi connectivity index (χ2n) is 26.7. The van der Waals surface area contributed by atoms with E-state index in [0.717, 1.165) is 38.5 Å². The first kappa shape index (κ1) is 80.2. The molecule has 0 aliphatic rings. The Morgan fingerprint density at radius 2 is 0.667 bits per heavy atom. The van der Waals surface area contributed by atoms with Crippen molar-refractivity contribution in [1.82, 2.24) is 5.32 Å². The van der Waals surface area contributed by atoms with Gasteiger partial charge in [-0.15, -0.1) is 0 Å². The molecule has 0 radical (unpaired) electrons. The number of phosphoric ester groups is 1. The van der Waals surface area contributed by atoms with Crippen LogP contribution in [0.15, 0.2) is 12.2 Å². The number of aliphatic hydroxyl groups excluding tert-OH is 1. The van der Waals surface area contributed by atoms with Crippen LogP contribution >= 0.6 is 7.82 Å². The quantitative estimate of drug-likeness (QED) is 0.0243. The normalized spacial score (nSPS) is 13.6. The highest BCUT2D eigenvalue weighted by molar-refractivity contribution is 7.47. The van der Waals surface area contributed by atoms with E-state index in [1.54, 1.807) is 0 Å². The largest absolute Gasteiger partial charge is 0.472 e. The van der Waals surface area contributed by atoms with Gasteiger partial charge in [0.05, 0.1) is 39.9 Å². The Kier molecular flexibility index (Phi) is 63.1. The van der Waals surface area contributed by atoms with Crippen molar-refractivity contribution < 1.29 is 32.9 Å². The third kappa shape index (κ3) is 66.6. The SMILES string of the molecule is CCCCCCCCCC/C=C\CCCCCCCCCCCCCCCCCCCCCCCCCCCCCC(=O)NC(COP(=O)(O)OCC[N+](C)(C)C)C(O)CCCCCCCCCCCCCCCCCCCCCC. The van der Waals surface area contributed by atoms with Crippen LogP contribution in [0.2, 0.25) is 0 Å². The van der Waals surface area contributed by atoms with Crippen molar-refractivity contribution in [3.05, 3.63) is 12.2 Å². The van der Waals surface area contributed by atoms with Gasteiger partial charge in [0.25, 0.3) is 0 Å². The van der Waals surface area contributed by atoms with Gasteiger partial charge in [-0.2, -0.15) is 0 Å². The van der Waals surface area contributed by atoms with Crippen molar-refractivity contribution in [2.75, 3.05) is 40.9 Å². The number of likely N-dealkylation sites (N-methyl/N-ethyl adjacent to an activating group) is 1. The van der Waals surface area contributed by atoms with Gasteiger partial charge in [0, 0.05) is 6.42 Å². The third-order valence-electron chi connectivity index (χ3n) is 17.3. The van der Waals surface area contributed by atoms with Crippen LogP contribution in [0.4, 0.5) is 0 Å². The van der Waals surface area contributed by atoms with E-state index in [1.807, 2.05) is 21.1 Å². The Labute approximate surface area is 507 Å². The van der Waals surface area contributed by atoms with Gasteiger partial charge in [-0.05, 0) is 38.5 Å². The number of nitrogens with one attached hydrogen (secondary N) is 1. The zero-order valence-corrected chi connectivity index (χ0v) is 56.5. The lowest BCUT2D eigenvalue weighted by Crippen LogP contribution is -2.46. The van der Waals surface area contributed by atoms with Crippen LogP contribution < -0.4 is 5.32 Å². The molecule has 9 heteroatoms. The average Bonchev–Trinajstić information content (AvgIpc) is 3.43. The van der Waals surface area contributed by atoms with Crippen LogP contribution in [0.5, 0.6) is 0 Å². The maximum atomic E-state index is 13.1. The van der Waals surface area contributed by atoms with E-state index in [4.69, 9.17) is 9.05 Å². The summed E-state index contributed by atoms with van der Waals surface area (Å²) >= 11 is 0. The van der Waals surface area contributed by atoms with Gasteiger partial charge in [-0.25, -0.2) is 4.57 Å². The number of hydrogen-bond donors (Lipinski definition) is 3. The molecule has 81 heavy (non-hydrogen) atoms. The fourth-order valence-electron chi connectivity index (χ4n) is 11.6. The van der Waals surface area contributed by atoms with E-state index in [0.29, 0.717) is 23.9 Å². The third-order valence-corrected chi connectivity index (χ3v) is 18.2. The summed E-state index contributed by atoms with van der Waals surface area (Å²) in [6, 6.07) is -0.757. The Morgan fingerprint density at radius 3 is 0.951 bits per heavy atom. The maximum Gasteiger partial charge on any atom is 0.472 e. The molecule has 0 spiro atoms. The summed E-state index contributed by atoms with van der Waals surface area (Å²) in [7, 11) is 1.64. The Balaban J connectivity index is 3.87. The lowest BCUT2D eigenvalue weighted by molar-refractivity contribution is -0.870. The lowest BCUT2D eigenvalue weighted by Gasteiger charge is -2.26. The van der Waals surface area contributed by atoms with Gasteiger partial charge in [0.15, 0.2) is 0 Å². The summed E-state index contributed by atoms with van der Waals surface area (Å²) in [4.78, 5) is 23.4. The van der Waals surface area contributed by atoms with Crippen LogP contribution in [0.3, 0.4) is 0 Å². The highest BCUT2D eigenvalue weighted by Crippen LogP contribution is 2.43. The number of unbranched alkanes of at least 4 members (excludes halogenated alkanes) is 54. The van der Waals surface area contributed by atoms with Crippen molar-refractivity contribution in [2.45, 2.75) is 405 Å². The number of quaternary nitrogens is 1. The minimum Gasteiger partial charge on any atom is -0.391 e. The van der Waals surface area contributed by atoms with Gasteiger partial charge in [0.1, 0.15) is 13.2 Å². The number of carbonyl (C=O) groups excluding carboxylic acids is 1. The molecular weight excluding hydrogens is 1020 g/mol. The van der Waals surface area contributed by atoms with Crippen LogP contribution in [-0.4, -0.2) is 73.4 Å². The summed E-state index contributed by atoms with van der Waals surface area (Å²) < 4.78 is 23.9. The molecule has 1 amide bonds. The predicted octanol–water partition coefficient (Wildman–Crippen LogP) is 23.3. The molecule has 0 aromatic heterocycles. The number of rotatable bonds is 69. The van der Waals surface area contributed by atoms with Gasteiger partial charge >= 0.3 is 7.82 Å². The van der Waals surface area contributed by atoms with Crippen LogP contribution in [0.25, 0.3) is 0 Å². The lowest BCUT2D eigenvalue weighted by atomic mass is 10.0. The smallest absolute Gasteiger partial charge is 0.391 e. The van der Waals surface area contributed by atoms with Gasteiger partial charge in [-0.3, -0.25) is 13.8 Å². The van der Waals surface area contributed by atoms with Gasteiger partial charge in [0.2, 0.25) is 5.91 Å². The second-order valence-corrected chi connectivity index (χ2v) is 28.1. The Bertz CT molecular complexity index is 1320. The van der Waals surface area contributed by atoms with Crippen LogP contribution in [0.1, 0.15) is 393 Å². The second kappa shape index (κ2) is 63.7. The number of nitrogens with zero attached hydrogens (tertiary/aromatic N) is 1. The van der Waals surface area contributed by atoms with Crippen molar-refractivity contribution in [2.24, 2.45) is 0 Å². The number of amides is 1. The Hall–Kier alpha value is -0.760. The first-order valence-electron chi connectivity index (χ1n) is 36.6. The highest BCUT2D eigenvalue weighted by atomic mass is 31.2. The summed E-state index contributed by atoms with van der Waals surface area (Å²) in [5.74, 6) is -0.134. The van der Waals surface area contributed by atoms with Crippen molar-refractivity contribution in [3.63, 3.8) is 0 Å². The van der Waals surface area contributed by atoms with E-state index in [1.165, 1.54) is 327 Å². The van der Waals surface area contributed by atoms with Crippen molar-refractivity contribution in [1.29, 1.82) is 0 Å². The fraction of sp³-hybridized carbons (Fsp3) is 0.958. The molecule has 3 N–H and O–H groups in total. The molecule has 8 nitrogen and oxygen atoms in total. The minimum atomic E-state index is -4.32. The van der Waals surface area contributed by atoms with Gasteiger partial charge in [-0.1, -0.05) is 360 Å². The Morgan fingerprint density at radius 1 is 0.407 bits per heavy atom. The summed E-state index contributed by atoms with van der Waals surface area (Å²) in [6.07, 6.45) is 82.0. The van der Waals surface area contributed by atoms with E-state index >= 15 is 0 Å². The average molecular weight is 1170 g/mol. The topological polar surface area (TPSA) is 105 Å². The molecule has 0 aromatic rings. The monoisotopic (exact) mass is 1170 g/mol. The molecule has 0 aromatic carbocycles. The molecule has 3 unspecified atom stereocenters. The molecule has 0 heterocycles. The summed E-state index contributed by atoms with van der Waals surface area (Å²) in [5, 5.41) is 14.1. The molecule has 0 bridgehead atoms. The molecule has 484 valence electrons. The predicted molar refractivity (Wildman–Crippen MR) is 355 cm³/mol. The molecule has 0 aliphatic carbocycles. The van der Waals surface area contributed by atoms with Crippen molar-refractivity contribution in [3.8, 4) is 0 Å². The molecule has 0 rings (SSSR count). The maximum absolute atomic E-state index is 13.1. The first-order chi connectivity index (χ1) is 39.5. The molecule has 0 aliphatic heterocycles. The molecule has 0 saturated carbocycles. The minimum absolute atomic E-state index is 0.0787. The van der Waals surface area contributed by atoms with Gasteiger partial charge < -0.3 is 19.8 Å². The van der Waals surface area contributed by atoms with E-state index in [-0.39, 0.29) is 19.1 Å². The van der Waals surface area contributed by atoms with E-state index in [2.05, 4.69) is 31.3 Å². The number of carbonyl (C=O) groups is 1. The molecule has 3 atom stereocenters. The van der Waals surface area contributed by atoms with E-state index in [9.17, 15) is 19.4 Å². The summed E-state index contributed by atoms with van der Waals surface area (Å²) in [6.45, 7) is 4.96. The first-order valence-corrected chi connectivity index (χ1v) is 38.0. The number of aliphatic hydroxyl groups is 1. The fourth-order valence-corrected chi connectivity index (χ4v) is 12.3. The van der Waals surface area contributed by atoms with E-state index < -0.39 is 20.0 Å². The standard InChI is InChI=1S/C72H145N2O6P/c1-6-8-10-12-14-16-18-20-22-24-26-28-29-30-31-32-33-34-35-36-37-38-39-40-41-42-43-44-45-46-48-50-52-54-56-58-60-62-64-66-72(76)73-70(69-80-81(77,78)79-68-67-74(3,4)5)71(75)65-63-61-59-57-55-53-51-49-47-27-25-23-21-19-17-15-13-11-9-7-2/h24,26,70-71,75H,6-23,25,27-69H2,1-5H3,(H-,73,76,77,78)/p+1/b26-24-. The molecule has 0 fully saturated rings.